The van der Waals surface area contributed by atoms with Gasteiger partial charge in [0.2, 0.25) is 0 Å². The van der Waals surface area contributed by atoms with E-state index in [1.54, 1.807) is 6.08 Å². The standard InChI is InChI=1S/C42H72NO10P/c1-6-8-10-12-14-15-16-17-18-20-22-26-41(45)49-33-36(34-51-54(47,48)50-31-30-43(3,4)5)52-42(46)27-23-24-35-28-29-38(44)37(35)32-40-39(53-40)25-21-19-13-11-9-7-2/h19,21,28-29,32,35-36,39-40H,6-18,20,22-27,30-31,33-34H2,1-5H3/b21-19-,37-32-/t35-,36+,39+,40+/m0/s1. The van der Waals surface area contributed by atoms with Crippen molar-refractivity contribution in [3.63, 3.8) is 0 Å². The Hall–Kier alpha value is -2.14. The van der Waals surface area contributed by atoms with E-state index in [4.69, 9.17) is 23.3 Å². The lowest BCUT2D eigenvalue weighted by atomic mass is 9.94. The van der Waals surface area contributed by atoms with Crippen LogP contribution in [0.2, 0.25) is 0 Å². The lowest BCUT2D eigenvalue weighted by Crippen LogP contribution is -2.37. The van der Waals surface area contributed by atoms with E-state index in [1.807, 2.05) is 33.3 Å². The van der Waals surface area contributed by atoms with Gasteiger partial charge in [-0.1, -0.05) is 109 Å². The molecule has 2 aliphatic rings. The predicted molar refractivity (Wildman–Crippen MR) is 210 cm³/mol. The molecule has 0 radical (unpaired) electrons. The first-order valence-electron chi connectivity index (χ1n) is 20.8. The summed E-state index contributed by atoms with van der Waals surface area (Å²) in [6, 6.07) is 0. The number of allylic oxidation sites excluding steroid dienone is 4. The molecule has 0 aromatic heterocycles. The zero-order valence-electron chi connectivity index (χ0n) is 34.1. The van der Waals surface area contributed by atoms with Gasteiger partial charge < -0.3 is 32.6 Å². The molecule has 12 heteroatoms. The number of ether oxygens (including phenoxy) is 3. The molecule has 5 atom stereocenters. The Balaban J connectivity index is 1.79. The largest absolute Gasteiger partial charge is 0.756 e. The molecule has 1 aliphatic heterocycles. The number of ketones is 1. The Kier molecular flexibility index (Phi) is 24.4. The molecule has 0 N–H and O–H groups in total. The maximum absolute atomic E-state index is 12.9. The first kappa shape index (κ1) is 48.0. The van der Waals surface area contributed by atoms with Crippen LogP contribution in [0, 0.1) is 5.92 Å². The number of likely N-dealkylation sites (N-methyl/N-ethyl adjacent to an activating group) is 1. The van der Waals surface area contributed by atoms with Gasteiger partial charge in [0.15, 0.2) is 11.9 Å². The van der Waals surface area contributed by atoms with E-state index in [2.05, 4.69) is 26.0 Å². The fraction of sp³-hybridized carbons (Fsp3) is 0.786. The van der Waals surface area contributed by atoms with E-state index in [-0.39, 0.29) is 50.0 Å². The number of carbonyl (C=O) groups is 3. The first-order chi connectivity index (χ1) is 25.8. The van der Waals surface area contributed by atoms with Crippen LogP contribution < -0.4 is 4.89 Å². The molecule has 1 fully saturated rings. The number of phosphoric ester groups is 1. The van der Waals surface area contributed by atoms with Crippen LogP contribution in [0.3, 0.4) is 0 Å². The lowest BCUT2D eigenvalue weighted by Gasteiger charge is -2.28. The fourth-order valence-electron chi connectivity index (χ4n) is 6.23. The van der Waals surface area contributed by atoms with Crippen molar-refractivity contribution in [1.29, 1.82) is 0 Å². The summed E-state index contributed by atoms with van der Waals surface area (Å²) in [7, 11) is 1.03. The molecule has 1 heterocycles. The number of unbranched alkanes of at least 4 members (excludes halogenated alkanes) is 13. The third-order valence-corrected chi connectivity index (χ3v) is 10.6. The smallest absolute Gasteiger partial charge is 0.306 e. The Morgan fingerprint density at radius 3 is 2.15 bits per heavy atom. The maximum atomic E-state index is 12.9. The third kappa shape index (κ3) is 23.7. The highest BCUT2D eigenvalue weighted by molar-refractivity contribution is 7.45. The molecule has 310 valence electrons. The average molecular weight is 782 g/mol. The summed E-state index contributed by atoms with van der Waals surface area (Å²) in [4.78, 5) is 50.4. The van der Waals surface area contributed by atoms with Gasteiger partial charge in [0.1, 0.15) is 25.9 Å². The average Bonchev–Trinajstić information content (AvgIpc) is 3.77. The third-order valence-electron chi connectivity index (χ3n) is 9.68. The van der Waals surface area contributed by atoms with E-state index in [0.717, 1.165) is 32.1 Å². The molecule has 54 heavy (non-hydrogen) atoms. The van der Waals surface area contributed by atoms with Crippen molar-refractivity contribution in [2.75, 3.05) is 47.5 Å². The number of phosphoric acid groups is 1. The van der Waals surface area contributed by atoms with E-state index in [0.29, 0.717) is 35.9 Å². The van der Waals surface area contributed by atoms with Gasteiger partial charge in [0, 0.05) is 24.3 Å². The molecule has 0 bridgehead atoms. The minimum Gasteiger partial charge on any atom is -0.756 e. The highest BCUT2D eigenvalue weighted by Gasteiger charge is 2.38. The minimum atomic E-state index is -4.69. The second kappa shape index (κ2) is 27.5. The molecule has 0 spiro atoms. The van der Waals surface area contributed by atoms with Gasteiger partial charge in [-0.2, -0.15) is 0 Å². The normalized spacial score (nSPS) is 20.8. The SMILES string of the molecule is CCCCC/C=C\C[C@H]1O[C@@H]1/C=C1\C(=O)C=C[C@@H]1CCCC(=O)O[C@H](COC(=O)CCCCCCCCCCCCC)COP(=O)([O-])OCC[N+](C)(C)C. The molecule has 0 saturated carbocycles. The zero-order chi connectivity index (χ0) is 39.7. The van der Waals surface area contributed by atoms with Crippen molar-refractivity contribution < 1.29 is 51.6 Å². The van der Waals surface area contributed by atoms with Crippen LogP contribution in [0.25, 0.3) is 0 Å². The van der Waals surface area contributed by atoms with E-state index in [1.165, 1.54) is 64.2 Å². The highest BCUT2D eigenvalue weighted by atomic mass is 31.2. The molecule has 1 unspecified atom stereocenters. The van der Waals surface area contributed by atoms with Crippen LogP contribution in [0.1, 0.15) is 142 Å². The molecule has 0 aromatic carbocycles. The highest BCUT2D eigenvalue weighted by Crippen LogP contribution is 2.38. The van der Waals surface area contributed by atoms with Crippen molar-refractivity contribution in [1.82, 2.24) is 0 Å². The van der Waals surface area contributed by atoms with E-state index in [9.17, 15) is 23.8 Å². The van der Waals surface area contributed by atoms with E-state index < -0.39 is 32.5 Å². The monoisotopic (exact) mass is 781 g/mol. The summed E-state index contributed by atoms with van der Waals surface area (Å²) >= 11 is 0. The van der Waals surface area contributed by atoms with Crippen LogP contribution in [-0.4, -0.2) is 88.0 Å². The van der Waals surface area contributed by atoms with E-state index >= 15 is 0 Å². The Labute approximate surface area is 326 Å². The van der Waals surface area contributed by atoms with Crippen LogP contribution in [0.4, 0.5) is 0 Å². The molecule has 0 aromatic rings. The number of hydrogen-bond donors (Lipinski definition) is 0. The van der Waals surface area contributed by atoms with Crippen molar-refractivity contribution in [2.24, 2.45) is 5.92 Å². The van der Waals surface area contributed by atoms with Gasteiger partial charge in [0.25, 0.3) is 7.82 Å². The van der Waals surface area contributed by atoms with Crippen LogP contribution in [0.15, 0.2) is 36.0 Å². The quantitative estimate of drug-likeness (QED) is 0.0121. The van der Waals surface area contributed by atoms with Crippen molar-refractivity contribution >= 4 is 25.5 Å². The number of rotatable bonds is 33. The summed E-state index contributed by atoms with van der Waals surface area (Å²) in [5.74, 6) is -1.17. The summed E-state index contributed by atoms with van der Waals surface area (Å²) in [6.07, 6.45) is 28.2. The van der Waals surface area contributed by atoms with Gasteiger partial charge in [0.05, 0.1) is 33.9 Å². The first-order valence-corrected chi connectivity index (χ1v) is 22.3. The Morgan fingerprint density at radius 1 is 0.852 bits per heavy atom. The lowest BCUT2D eigenvalue weighted by molar-refractivity contribution is -0.870. The number of hydrogen-bond acceptors (Lipinski definition) is 10. The van der Waals surface area contributed by atoms with Crippen LogP contribution >= 0.6 is 7.82 Å². The van der Waals surface area contributed by atoms with Crippen molar-refractivity contribution in [3.8, 4) is 0 Å². The number of quaternary nitrogens is 1. The molecular weight excluding hydrogens is 709 g/mol. The van der Waals surface area contributed by atoms with Crippen molar-refractivity contribution in [2.45, 2.75) is 161 Å². The topological polar surface area (TPSA) is 141 Å². The number of nitrogens with zero attached hydrogens (tertiary/aromatic N) is 1. The molecule has 1 saturated heterocycles. The summed E-state index contributed by atoms with van der Waals surface area (Å²) in [5, 5.41) is 0. The van der Waals surface area contributed by atoms with Gasteiger partial charge in [-0.05, 0) is 50.7 Å². The Bertz CT molecular complexity index is 1230. The predicted octanol–water partition coefficient (Wildman–Crippen LogP) is 8.50. The molecule has 1 aliphatic carbocycles. The minimum absolute atomic E-state index is 0.0371. The molecule has 11 nitrogen and oxygen atoms in total. The second-order valence-electron chi connectivity index (χ2n) is 15.9. The molecule has 0 amide bonds. The molecule has 2 rings (SSSR count). The number of esters is 2. The van der Waals surface area contributed by atoms with Gasteiger partial charge in [-0.3, -0.25) is 18.9 Å². The Morgan fingerprint density at radius 2 is 1.48 bits per heavy atom. The van der Waals surface area contributed by atoms with Gasteiger partial charge in [-0.25, -0.2) is 0 Å². The maximum Gasteiger partial charge on any atom is 0.306 e. The summed E-state index contributed by atoms with van der Waals surface area (Å²) in [6.45, 7) is 3.92. The van der Waals surface area contributed by atoms with Crippen LogP contribution in [0.5, 0.6) is 0 Å². The summed E-state index contributed by atoms with van der Waals surface area (Å²) < 4.78 is 39.7. The number of carbonyl (C=O) groups excluding carboxylic acids is 3. The van der Waals surface area contributed by atoms with Crippen molar-refractivity contribution in [3.05, 3.63) is 36.0 Å². The van der Waals surface area contributed by atoms with Gasteiger partial charge >= 0.3 is 11.9 Å². The zero-order valence-corrected chi connectivity index (χ0v) is 35.0. The second-order valence-corrected chi connectivity index (χ2v) is 17.3. The fourth-order valence-corrected chi connectivity index (χ4v) is 6.96. The summed E-state index contributed by atoms with van der Waals surface area (Å²) in [5.41, 5.74) is 0.690. The molecular formula is C42H72NO10P. The number of epoxide rings is 1. The van der Waals surface area contributed by atoms with Crippen LogP contribution in [-0.2, 0) is 42.2 Å². The van der Waals surface area contributed by atoms with Gasteiger partial charge in [-0.15, -0.1) is 0 Å².